The van der Waals surface area contributed by atoms with Gasteiger partial charge in [0.2, 0.25) is 0 Å². The minimum Gasteiger partial charge on any atom is -0.491 e. The summed E-state index contributed by atoms with van der Waals surface area (Å²) in [4.78, 5) is 22.2. The topological polar surface area (TPSA) is 75.6 Å². The minimum atomic E-state index is -0.800. The zero-order valence-electron chi connectivity index (χ0n) is 9.94. The van der Waals surface area contributed by atoms with Crippen LogP contribution in [0.25, 0.3) is 0 Å². The molecule has 18 heavy (non-hydrogen) atoms. The van der Waals surface area contributed by atoms with E-state index in [1.54, 1.807) is 12.1 Å². The number of fused-ring (bicyclic) bond motifs is 1. The van der Waals surface area contributed by atoms with Crippen molar-refractivity contribution in [2.24, 2.45) is 0 Å². The van der Waals surface area contributed by atoms with Gasteiger partial charge in [-0.1, -0.05) is 6.07 Å². The molecule has 0 spiro atoms. The second-order valence-electron chi connectivity index (χ2n) is 4.18. The van der Waals surface area contributed by atoms with Crippen LogP contribution >= 0.6 is 0 Å². The summed E-state index contributed by atoms with van der Waals surface area (Å²) >= 11 is 0. The number of aryl methyl sites for hydroxylation is 1. The Morgan fingerprint density at radius 1 is 1.44 bits per heavy atom. The van der Waals surface area contributed by atoms with E-state index in [2.05, 4.69) is 5.32 Å². The van der Waals surface area contributed by atoms with Gasteiger partial charge in [-0.3, -0.25) is 9.59 Å². The number of hydrogen-bond donors (Lipinski definition) is 2. The van der Waals surface area contributed by atoms with Gasteiger partial charge in [-0.05, 0) is 30.5 Å². The molecule has 0 radical (unpaired) electrons. The van der Waals surface area contributed by atoms with E-state index in [0.29, 0.717) is 37.3 Å². The van der Waals surface area contributed by atoms with Crippen molar-refractivity contribution in [2.75, 3.05) is 13.2 Å². The molecule has 0 unspecified atom stereocenters. The van der Waals surface area contributed by atoms with Crippen molar-refractivity contribution in [3.63, 3.8) is 0 Å². The lowest BCUT2D eigenvalue weighted by atomic mass is 10.0. The number of rotatable bonds is 4. The van der Waals surface area contributed by atoms with Crippen LogP contribution in [0.5, 0.6) is 5.75 Å². The number of amides is 1. The van der Waals surface area contributed by atoms with Gasteiger partial charge in [0.05, 0.1) is 12.1 Å². The van der Waals surface area contributed by atoms with Gasteiger partial charge in [-0.25, -0.2) is 0 Å². The summed E-state index contributed by atoms with van der Waals surface area (Å²) in [6, 6.07) is 5.42. The molecule has 1 aliphatic rings. The lowest BCUT2D eigenvalue weighted by Gasteiger charge is -2.07. The van der Waals surface area contributed by atoms with Gasteiger partial charge < -0.3 is 15.2 Å². The van der Waals surface area contributed by atoms with Crippen molar-refractivity contribution in [3.05, 3.63) is 29.3 Å². The number of ether oxygens (including phenoxy) is 1. The molecule has 0 bridgehead atoms. The van der Waals surface area contributed by atoms with Crippen molar-refractivity contribution < 1.29 is 19.4 Å². The standard InChI is InChI=1S/C13H15NO4/c15-12(16)3-1-2-9-4-5-11-10(8-9)13(17)14-6-7-18-11/h4-5,8H,1-3,6-7H2,(H,14,17)(H,15,16). The lowest BCUT2D eigenvalue weighted by molar-refractivity contribution is -0.137. The van der Waals surface area contributed by atoms with Crippen molar-refractivity contribution in [2.45, 2.75) is 19.3 Å². The summed E-state index contributed by atoms with van der Waals surface area (Å²) in [5.74, 6) is -0.347. The molecule has 96 valence electrons. The van der Waals surface area contributed by atoms with E-state index in [0.717, 1.165) is 5.56 Å². The molecule has 0 fully saturated rings. The number of carboxylic acid groups (broad SMARTS) is 1. The zero-order valence-corrected chi connectivity index (χ0v) is 9.94. The van der Waals surface area contributed by atoms with Gasteiger partial charge in [-0.15, -0.1) is 0 Å². The highest BCUT2D eigenvalue weighted by atomic mass is 16.5. The van der Waals surface area contributed by atoms with E-state index < -0.39 is 5.97 Å². The third-order valence-electron chi connectivity index (χ3n) is 2.79. The largest absolute Gasteiger partial charge is 0.491 e. The molecule has 1 aromatic rings. The first-order chi connectivity index (χ1) is 8.66. The number of nitrogens with one attached hydrogen (secondary N) is 1. The van der Waals surface area contributed by atoms with E-state index >= 15 is 0 Å². The van der Waals surface area contributed by atoms with Crippen LogP contribution in [-0.4, -0.2) is 30.1 Å². The summed E-state index contributed by atoms with van der Waals surface area (Å²) in [5.41, 5.74) is 1.48. The van der Waals surface area contributed by atoms with Crippen molar-refractivity contribution in [3.8, 4) is 5.75 Å². The highest BCUT2D eigenvalue weighted by molar-refractivity contribution is 5.97. The first-order valence-corrected chi connectivity index (χ1v) is 5.92. The zero-order chi connectivity index (χ0) is 13.0. The van der Waals surface area contributed by atoms with Crippen molar-refractivity contribution in [1.29, 1.82) is 0 Å². The Labute approximate surface area is 105 Å². The molecule has 2 N–H and O–H groups in total. The van der Waals surface area contributed by atoms with Crippen molar-refractivity contribution in [1.82, 2.24) is 5.32 Å². The van der Waals surface area contributed by atoms with Gasteiger partial charge >= 0.3 is 5.97 Å². The Balaban J connectivity index is 2.10. The van der Waals surface area contributed by atoms with Crippen LogP contribution in [0.4, 0.5) is 0 Å². The summed E-state index contributed by atoms with van der Waals surface area (Å²) in [5, 5.41) is 11.3. The summed E-state index contributed by atoms with van der Waals surface area (Å²) < 4.78 is 5.44. The van der Waals surface area contributed by atoms with E-state index in [4.69, 9.17) is 9.84 Å². The summed E-state index contributed by atoms with van der Waals surface area (Å²) in [6.45, 7) is 0.971. The Bertz CT molecular complexity index is 470. The maximum Gasteiger partial charge on any atom is 0.303 e. The number of aliphatic carboxylic acids is 1. The monoisotopic (exact) mass is 249 g/mol. The average molecular weight is 249 g/mol. The third kappa shape index (κ3) is 3.00. The molecule has 1 heterocycles. The molecule has 1 aliphatic heterocycles. The SMILES string of the molecule is O=C(O)CCCc1ccc2c(c1)C(=O)NCCO2. The smallest absolute Gasteiger partial charge is 0.303 e. The predicted octanol–water partition coefficient (Wildman–Crippen LogP) is 1.22. The number of hydrogen-bond acceptors (Lipinski definition) is 3. The molecule has 1 aromatic carbocycles. The first kappa shape index (κ1) is 12.4. The van der Waals surface area contributed by atoms with Crippen LogP contribution in [0.2, 0.25) is 0 Å². The number of carboxylic acids is 1. The number of carbonyl (C=O) groups excluding carboxylic acids is 1. The Hall–Kier alpha value is -2.04. The van der Waals surface area contributed by atoms with E-state index in [9.17, 15) is 9.59 Å². The van der Waals surface area contributed by atoms with Crippen molar-refractivity contribution >= 4 is 11.9 Å². The van der Waals surface area contributed by atoms with Gasteiger partial charge in [0.15, 0.2) is 0 Å². The predicted molar refractivity (Wildman–Crippen MR) is 64.8 cm³/mol. The van der Waals surface area contributed by atoms with Gasteiger partial charge in [0.1, 0.15) is 12.4 Å². The van der Waals surface area contributed by atoms with Gasteiger partial charge in [0, 0.05) is 6.42 Å². The Morgan fingerprint density at radius 3 is 3.06 bits per heavy atom. The maximum absolute atomic E-state index is 11.8. The fourth-order valence-electron chi connectivity index (χ4n) is 1.90. The Morgan fingerprint density at radius 2 is 2.28 bits per heavy atom. The lowest BCUT2D eigenvalue weighted by Crippen LogP contribution is -2.24. The molecule has 0 atom stereocenters. The van der Waals surface area contributed by atoms with E-state index in [1.807, 2.05) is 6.07 Å². The maximum atomic E-state index is 11.8. The highest BCUT2D eigenvalue weighted by Crippen LogP contribution is 2.22. The molecular formula is C13H15NO4. The fourth-order valence-corrected chi connectivity index (χ4v) is 1.90. The van der Waals surface area contributed by atoms with Gasteiger partial charge in [-0.2, -0.15) is 0 Å². The molecule has 2 rings (SSSR count). The molecule has 5 heteroatoms. The van der Waals surface area contributed by atoms with Gasteiger partial charge in [0.25, 0.3) is 5.91 Å². The van der Waals surface area contributed by atoms with Crippen LogP contribution in [-0.2, 0) is 11.2 Å². The molecule has 0 aliphatic carbocycles. The van der Waals surface area contributed by atoms with E-state index in [1.165, 1.54) is 0 Å². The van der Waals surface area contributed by atoms with Crippen LogP contribution in [0.3, 0.4) is 0 Å². The molecular weight excluding hydrogens is 234 g/mol. The minimum absolute atomic E-state index is 0.136. The van der Waals surface area contributed by atoms with Crippen LogP contribution in [0.1, 0.15) is 28.8 Å². The first-order valence-electron chi connectivity index (χ1n) is 5.92. The van der Waals surface area contributed by atoms with E-state index in [-0.39, 0.29) is 12.3 Å². The molecule has 0 saturated carbocycles. The Kier molecular flexibility index (Phi) is 3.82. The third-order valence-corrected chi connectivity index (χ3v) is 2.79. The quantitative estimate of drug-likeness (QED) is 0.841. The number of benzene rings is 1. The normalized spacial score (nSPS) is 14.1. The molecule has 5 nitrogen and oxygen atoms in total. The van der Waals surface area contributed by atoms with Crippen LogP contribution < -0.4 is 10.1 Å². The second-order valence-corrected chi connectivity index (χ2v) is 4.18. The molecule has 0 aromatic heterocycles. The summed E-state index contributed by atoms with van der Waals surface area (Å²) in [6.07, 6.45) is 1.35. The van der Waals surface area contributed by atoms with Crippen LogP contribution in [0, 0.1) is 0 Å². The molecule has 1 amide bonds. The number of carbonyl (C=O) groups is 2. The van der Waals surface area contributed by atoms with Crippen LogP contribution in [0.15, 0.2) is 18.2 Å². The molecule has 0 saturated heterocycles. The highest BCUT2D eigenvalue weighted by Gasteiger charge is 2.16. The second kappa shape index (κ2) is 5.53. The average Bonchev–Trinajstić information content (AvgIpc) is 2.51. The summed E-state index contributed by atoms with van der Waals surface area (Å²) in [7, 11) is 0. The fraction of sp³-hybridized carbons (Fsp3) is 0.385.